The number of anilines is 1. The lowest BCUT2D eigenvalue weighted by atomic mass is 10.2. The van der Waals surface area contributed by atoms with Crippen LogP contribution < -0.4 is 5.01 Å². The van der Waals surface area contributed by atoms with Crippen LogP contribution in [-0.4, -0.2) is 41.3 Å². The van der Waals surface area contributed by atoms with Crippen molar-refractivity contribution in [2.45, 2.75) is 18.4 Å². The van der Waals surface area contributed by atoms with Gasteiger partial charge in [0.15, 0.2) is 0 Å². The predicted molar refractivity (Wildman–Crippen MR) is 163 cm³/mol. The zero-order chi connectivity index (χ0) is 30.6. The Hall–Kier alpha value is -4.85. The fourth-order valence-electron chi connectivity index (χ4n) is 4.17. The van der Waals surface area contributed by atoms with Crippen LogP contribution >= 0.6 is 11.3 Å². The standard InChI is InChI=1S/C30H24FN5O5S2/c1-2-34(20-22-6-4-3-5-7-22)43(40,41)26-15-10-23(11-16-26)29(37)35(30-33-27-17-12-24(31)18-28(27)42-30)32-19-21-8-13-25(14-9-21)36(38)39/h3-19H,2,20H2,1H3/b32-19+. The van der Waals surface area contributed by atoms with E-state index in [1.54, 1.807) is 6.92 Å². The number of aromatic nitrogens is 1. The number of nitrogens with zero attached hydrogens (tertiary/aromatic N) is 5. The zero-order valence-electron chi connectivity index (χ0n) is 22.7. The van der Waals surface area contributed by atoms with Gasteiger partial charge >= 0.3 is 0 Å². The summed E-state index contributed by atoms with van der Waals surface area (Å²) >= 11 is 1.05. The van der Waals surface area contributed by atoms with Crippen molar-refractivity contribution in [3.8, 4) is 0 Å². The predicted octanol–water partition coefficient (Wildman–Crippen LogP) is 6.24. The highest BCUT2D eigenvalue weighted by atomic mass is 32.2. The smallest absolute Gasteiger partial charge is 0.267 e. The monoisotopic (exact) mass is 617 g/mol. The molecule has 0 atom stereocenters. The van der Waals surface area contributed by atoms with Gasteiger partial charge < -0.3 is 0 Å². The summed E-state index contributed by atoms with van der Waals surface area (Å²) in [6.07, 6.45) is 1.34. The van der Waals surface area contributed by atoms with E-state index in [0.29, 0.717) is 15.8 Å². The van der Waals surface area contributed by atoms with Gasteiger partial charge in [-0.3, -0.25) is 14.9 Å². The van der Waals surface area contributed by atoms with Crippen molar-refractivity contribution in [2.75, 3.05) is 11.6 Å². The largest absolute Gasteiger partial charge is 0.280 e. The Morgan fingerprint density at radius 1 is 1.02 bits per heavy atom. The summed E-state index contributed by atoms with van der Waals surface area (Å²) in [6.45, 7) is 2.20. The van der Waals surface area contributed by atoms with Crippen LogP contribution in [0.4, 0.5) is 15.2 Å². The van der Waals surface area contributed by atoms with E-state index in [4.69, 9.17) is 0 Å². The third-order valence-corrected chi connectivity index (χ3v) is 9.36. The Balaban J connectivity index is 1.45. The maximum atomic E-state index is 13.8. The second-order valence-electron chi connectivity index (χ2n) is 9.26. The van der Waals surface area contributed by atoms with Gasteiger partial charge in [0.05, 0.1) is 26.3 Å². The van der Waals surface area contributed by atoms with Gasteiger partial charge in [-0.05, 0) is 65.7 Å². The van der Waals surface area contributed by atoms with Gasteiger partial charge in [-0.2, -0.15) is 14.4 Å². The summed E-state index contributed by atoms with van der Waals surface area (Å²) in [6, 6.07) is 24.4. The summed E-state index contributed by atoms with van der Waals surface area (Å²) in [7, 11) is -3.86. The molecule has 43 heavy (non-hydrogen) atoms. The van der Waals surface area contributed by atoms with Crippen LogP contribution in [-0.2, 0) is 16.6 Å². The molecular formula is C30H24FN5O5S2. The summed E-state index contributed by atoms with van der Waals surface area (Å²) in [5.74, 6) is -1.07. The average Bonchev–Trinajstić information content (AvgIpc) is 3.43. The van der Waals surface area contributed by atoms with Crippen molar-refractivity contribution in [3.05, 3.63) is 130 Å². The third-order valence-electron chi connectivity index (χ3n) is 6.43. The molecule has 13 heteroatoms. The molecule has 0 aliphatic carbocycles. The van der Waals surface area contributed by atoms with Crippen LogP contribution in [0.1, 0.15) is 28.4 Å². The van der Waals surface area contributed by atoms with Gasteiger partial charge in [0.1, 0.15) is 5.82 Å². The molecule has 0 aliphatic heterocycles. The van der Waals surface area contributed by atoms with E-state index < -0.39 is 26.7 Å². The molecule has 5 aromatic rings. The molecule has 0 radical (unpaired) electrons. The van der Waals surface area contributed by atoms with Crippen LogP contribution in [0.5, 0.6) is 0 Å². The summed E-state index contributed by atoms with van der Waals surface area (Å²) in [5, 5.41) is 16.5. The lowest BCUT2D eigenvalue weighted by Gasteiger charge is -2.21. The quantitative estimate of drug-likeness (QED) is 0.104. The second kappa shape index (κ2) is 12.6. The topological polar surface area (TPSA) is 126 Å². The van der Waals surface area contributed by atoms with E-state index in [-0.39, 0.29) is 34.4 Å². The first-order valence-corrected chi connectivity index (χ1v) is 15.2. The SMILES string of the molecule is CCN(Cc1ccccc1)S(=O)(=O)c1ccc(C(=O)N(/N=C/c2ccc([N+](=O)[O-])cc2)c2nc3ccc(F)cc3s2)cc1. The maximum absolute atomic E-state index is 13.8. The van der Waals surface area contributed by atoms with Crippen LogP contribution in [0, 0.1) is 15.9 Å². The average molecular weight is 618 g/mol. The molecule has 0 saturated carbocycles. The third kappa shape index (κ3) is 6.64. The van der Waals surface area contributed by atoms with E-state index in [0.717, 1.165) is 21.9 Å². The molecule has 0 N–H and O–H groups in total. The van der Waals surface area contributed by atoms with Gasteiger partial charge in [0.2, 0.25) is 15.2 Å². The maximum Gasteiger partial charge on any atom is 0.280 e. The molecule has 1 heterocycles. The lowest BCUT2D eigenvalue weighted by molar-refractivity contribution is -0.384. The van der Waals surface area contributed by atoms with Crippen molar-refractivity contribution >= 4 is 54.5 Å². The summed E-state index contributed by atoms with van der Waals surface area (Å²) < 4.78 is 42.4. The van der Waals surface area contributed by atoms with E-state index in [2.05, 4.69) is 10.1 Å². The Bertz CT molecular complexity index is 1910. The van der Waals surface area contributed by atoms with Crippen molar-refractivity contribution in [1.29, 1.82) is 0 Å². The van der Waals surface area contributed by atoms with Crippen LogP contribution in [0.3, 0.4) is 0 Å². The molecular weight excluding hydrogens is 593 g/mol. The molecule has 0 spiro atoms. The number of benzene rings is 4. The number of non-ortho nitro benzene ring substituents is 1. The number of sulfonamides is 1. The normalized spacial score (nSPS) is 11.8. The highest BCUT2D eigenvalue weighted by Gasteiger charge is 2.25. The number of halogens is 1. The summed E-state index contributed by atoms with van der Waals surface area (Å²) in [5.41, 5.74) is 1.83. The Labute approximate surface area is 250 Å². The van der Waals surface area contributed by atoms with Crippen molar-refractivity contribution < 1.29 is 22.5 Å². The van der Waals surface area contributed by atoms with E-state index >= 15 is 0 Å². The number of carbonyl (C=O) groups is 1. The number of hydrogen-bond donors (Lipinski definition) is 0. The van der Waals surface area contributed by atoms with Crippen LogP contribution in [0.15, 0.2) is 107 Å². The van der Waals surface area contributed by atoms with Gasteiger partial charge in [0, 0.05) is 30.8 Å². The van der Waals surface area contributed by atoms with Crippen molar-refractivity contribution in [2.24, 2.45) is 5.10 Å². The fraction of sp³-hybridized carbons (Fsp3) is 0.100. The van der Waals surface area contributed by atoms with E-state index in [1.165, 1.54) is 77.2 Å². The van der Waals surface area contributed by atoms with E-state index in [1.807, 2.05) is 30.3 Å². The molecule has 0 unspecified atom stereocenters. The number of nitro benzene ring substituents is 1. The fourth-order valence-corrected chi connectivity index (χ4v) is 6.55. The second-order valence-corrected chi connectivity index (χ2v) is 12.2. The molecule has 218 valence electrons. The van der Waals surface area contributed by atoms with E-state index in [9.17, 15) is 27.7 Å². The number of hydrogen-bond acceptors (Lipinski definition) is 8. The van der Waals surface area contributed by atoms with Crippen molar-refractivity contribution in [3.63, 3.8) is 0 Å². The first kappa shape index (κ1) is 29.6. The van der Waals surface area contributed by atoms with Crippen LogP contribution in [0.25, 0.3) is 10.2 Å². The number of hydrazone groups is 1. The Morgan fingerprint density at radius 2 is 1.72 bits per heavy atom. The molecule has 4 aromatic carbocycles. The number of carbonyl (C=O) groups excluding carboxylic acids is 1. The number of thiazole rings is 1. The minimum absolute atomic E-state index is 0.0261. The Morgan fingerprint density at radius 3 is 2.37 bits per heavy atom. The molecule has 0 fully saturated rings. The molecule has 10 nitrogen and oxygen atoms in total. The molecule has 1 amide bonds. The van der Waals surface area contributed by atoms with Crippen LogP contribution in [0.2, 0.25) is 0 Å². The molecule has 1 aromatic heterocycles. The molecule has 0 saturated heterocycles. The number of fused-ring (bicyclic) bond motifs is 1. The van der Waals surface area contributed by atoms with Gasteiger partial charge in [-0.15, -0.1) is 0 Å². The first-order valence-electron chi connectivity index (χ1n) is 13.0. The summed E-state index contributed by atoms with van der Waals surface area (Å²) in [4.78, 5) is 28.6. The lowest BCUT2D eigenvalue weighted by Crippen LogP contribution is -2.30. The van der Waals surface area contributed by atoms with Gasteiger partial charge in [-0.1, -0.05) is 48.6 Å². The highest BCUT2D eigenvalue weighted by molar-refractivity contribution is 7.89. The van der Waals surface area contributed by atoms with Gasteiger partial charge in [0.25, 0.3) is 11.6 Å². The van der Waals surface area contributed by atoms with Gasteiger partial charge in [-0.25, -0.2) is 17.8 Å². The molecule has 0 bridgehead atoms. The minimum atomic E-state index is -3.86. The first-order chi connectivity index (χ1) is 20.7. The number of nitro groups is 1. The Kier molecular flexibility index (Phi) is 8.66. The minimum Gasteiger partial charge on any atom is -0.267 e. The van der Waals surface area contributed by atoms with Crippen molar-refractivity contribution in [1.82, 2.24) is 9.29 Å². The zero-order valence-corrected chi connectivity index (χ0v) is 24.3. The molecule has 0 aliphatic rings. The highest BCUT2D eigenvalue weighted by Crippen LogP contribution is 2.31. The molecule has 5 rings (SSSR count). The number of amides is 1. The number of rotatable bonds is 10.